The number of halogens is 1. The van der Waals surface area contributed by atoms with Crippen molar-refractivity contribution in [2.24, 2.45) is 0 Å². The van der Waals surface area contributed by atoms with Gasteiger partial charge in [-0.3, -0.25) is 10.00 Å². The van der Waals surface area contributed by atoms with Gasteiger partial charge in [0.15, 0.2) is 0 Å². The largest absolute Gasteiger partial charge is 0.464 e. The van der Waals surface area contributed by atoms with Crippen LogP contribution in [0, 0.1) is 5.82 Å². The van der Waals surface area contributed by atoms with Crippen molar-refractivity contribution >= 4 is 17.0 Å². The second kappa shape index (κ2) is 6.87. The molecule has 1 saturated heterocycles. The lowest BCUT2D eigenvalue weighted by molar-refractivity contribution is 0.0589. The second-order valence-corrected chi connectivity index (χ2v) is 6.53. The van der Waals surface area contributed by atoms with Crippen LogP contribution in [0.5, 0.6) is 0 Å². The fraction of sp³-hybridized carbons (Fsp3) is 0.389. The molecule has 136 valence electrons. The number of fused-ring (bicyclic) bond motifs is 1. The maximum Gasteiger partial charge on any atom is 0.356 e. The van der Waals surface area contributed by atoms with Gasteiger partial charge in [0.05, 0.1) is 30.4 Å². The van der Waals surface area contributed by atoms with Crippen molar-refractivity contribution in [3.8, 4) is 0 Å². The van der Waals surface area contributed by atoms with Gasteiger partial charge in [-0.2, -0.15) is 5.10 Å². The molecule has 1 atom stereocenters. The number of methoxy groups -OCH3 is 1. The van der Waals surface area contributed by atoms with Crippen molar-refractivity contribution in [1.82, 2.24) is 25.1 Å². The van der Waals surface area contributed by atoms with Crippen molar-refractivity contribution in [2.45, 2.75) is 31.8 Å². The van der Waals surface area contributed by atoms with Crippen molar-refractivity contribution in [2.75, 3.05) is 13.7 Å². The monoisotopic (exact) mass is 357 g/mol. The Morgan fingerprint density at radius 3 is 3.15 bits per heavy atom. The van der Waals surface area contributed by atoms with Crippen LogP contribution in [0.3, 0.4) is 0 Å². The van der Waals surface area contributed by atoms with Crippen molar-refractivity contribution in [1.29, 1.82) is 0 Å². The number of carbonyl (C=O) groups is 1. The minimum atomic E-state index is -0.426. The summed E-state index contributed by atoms with van der Waals surface area (Å²) in [6.45, 7) is 1.46. The highest BCUT2D eigenvalue weighted by atomic mass is 19.1. The average Bonchev–Trinajstić information content (AvgIpc) is 3.28. The van der Waals surface area contributed by atoms with E-state index in [-0.39, 0.29) is 11.9 Å². The molecular formula is C18H20FN5O2. The first-order chi connectivity index (χ1) is 12.7. The lowest BCUT2D eigenvalue weighted by atomic mass is 10.0. The van der Waals surface area contributed by atoms with E-state index in [0.29, 0.717) is 17.8 Å². The van der Waals surface area contributed by atoms with E-state index in [1.165, 1.54) is 19.2 Å². The number of rotatable bonds is 4. The summed E-state index contributed by atoms with van der Waals surface area (Å²) >= 11 is 0. The first-order valence-corrected chi connectivity index (χ1v) is 8.65. The number of ether oxygens (including phenoxy) is 1. The third-order valence-electron chi connectivity index (χ3n) is 4.87. The summed E-state index contributed by atoms with van der Waals surface area (Å²) in [6, 6.07) is 4.65. The summed E-state index contributed by atoms with van der Waals surface area (Å²) in [5.41, 5.74) is 2.63. The summed E-state index contributed by atoms with van der Waals surface area (Å²) in [5.74, 6) is 0.119. The third-order valence-corrected chi connectivity index (χ3v) is 4.87. The first kappa shape index (κ1) is 16.7. The van der Waals surface area contributed by atoms with Crippen LogP contribution < -0.4 is 0 Å². The molecule has 0 amide bonds. The number of piperidine rings is 1. The molecule has 8 heteroatoms. The number of hydrogen-bond acceptors (Lipinski definition) is 5. The number of carbonyl (C=O) groups excluding carboxylic acids is 1. The van der Waals surface area contributed by atoms with Crippen LogP contribution in [0.1, 0.15) is 47.2 Å². The van der Waals surface area contributed by atoms with Gasteiger partial charge in [-0.1, -0.05) is 6.42 Å². The maximum atomic E-state index is 13.5. The van der Waals surface area contributed by atoms with Crippen molar-refractivity contribution in [3.05, 3.63) is 47.3 Å². The van der Waals surface area contributed by atoms with Crippen LogP contribution in [0.15, 0.2) is 24.4 Å². The Morgan fingerprint density at radius 1 is 1.42 bits per heavy atom. The van der Waals surface area contributed by atoms with Gasteiger partial charge in [-0.15, -0.1) is 0 Å². The van der Waals surface area contributed by atoms with E-state index in [9.17, 15) is 9.18 Å². The average molecular weight is 357 g/mol. The van der Waals surface area contributed by atoms with E-state index in [4.69, 9.17) is 4.74 Å². The number of aromatic nitrogens is 4. The van der Waals surface area contributed by atoms with Gasteiger partial charge in [0.1, 0.15) is 17.3 Å². The minimum Gasteiger partial charge on any atom is -0.464 e. The molecule has 1 aliphatic heterocycles. The highest BCUT2D eigenvalue weighted by molar-refractivity contribution is 5.88. The fourth-order valence-corrected chi connectivity index (χ4v) is 3.58. The van der Waals surface area contributed by atoms with Gasteiger partial charge in [0.25, 0.3) is 0 Å². The molecule has 1 aromatic carbocycles. The Balaban J connectivity index is 1.62. The van der Waals surface area contributed by atoms with Gasteiger partial charge in [0, 0.05) is 12.1 Å². The Hall–Kier alpha value is -2.74. The standard InChI is InChI=1S/C18H20FN5O2/c1-26-18(25)16-11(9-20-23-16)10-24-7-3-2-4-15(24)17-21-13-6-5-12(19)8-14(13)22-17/h5-6,8-9,15H,2-4,7,10H2,1H3,(H,20,23)(H,21,22)/t15-/m0/s1. The molecule has 2 N–H and O–H groups in total. The quantitative estimate of drug-likeness (QED) is 0.701. The molecule has 1 aliphatic rings. The van der Waals surface area contributed by atoms with Crippen LogP contribution in [0.25, 0.3) is 11.0 Å². The van der Waals surface area contributed by atoms with E-state index < -0.39 is 5.97 Å². The lowest BCUT2D eigenvalue weighted by Gasteiger charge is -2.34. The smallest absolute Gasteiger partial charge is 0.356 e. The molecule has 0 aliphatic carbocycles. The fourth-order valence-electron chi connectivity index (χ4n) is 3.58. The van der Waals surface area contributed by atoms with Gasteiger partial charge >= 0.3 is 5.97 Å². The van der Waals surface area contributed by atoms with Crippen LogP contribution in [0.2, 0.25) is 0 Å². The molecule has 1 fully saturated rings. The number of nitrogens with one attached hydrogen (secondary N) is 2. The van der Waals surface area contributed by atoms with Crippen LogP contribution in [-0.4, -0.2) is 44.7 Å². The SMILES string of the molecule is COC(=O)c1[nH]ncc1CN1CCCC[C@H]1c1nc2ccc(F)cc2[nH]1. The molecule has 4 rings (SSSR count). The Bertz CT molecular complexity index is 935. The summed E-state index contributed by atoms with van der Waals surface area (Å²) < 4.78 is 18.3. The number of aromatic amines is 2. The zero-order valence-electron chi connectivity index (χ0n) is 14.5. The lowest BCUT2D eigenvalue weighted by Crippen LogP contribution is -2.34. The topological polar surface area (TPSA) is 86.9 Å². The third kappa shape index (κ3) is 3.08. The van der Waals surface area contributed by atoms with E-state index in [0.717, 1.165) is 42.7 Å². The molecule has 26 heavy (non-hydrogen) atoms. The predicted molar refractivity (Wildman–Crippen MR) is 93.0 cm³/mol. The molecule has 0 unspecified atom stereocenters. The molecule has 0 bridgehead atoms. The molecule has 3 aromatic rings. The molecule has 0 saturated carbocycles. The number of esters is 1. The molecule has 0 spiro atoms. The van der Waals surface area contributed by atoms with E-state index >= 15 is 0 Å². The molecule has 2 aromatic heterocycles. The Labute approximate surface area is 149 Å². The maximum absolute atomic E-state index is 13.5. The minimum absolute atomic E-state index is 0.0830. The summed E-state index contributed by atoms with van der Waals surface area (Å²) in [5, 5.41) is 6.69. The van der Waals surface area contributed by atoms with E-state index in [2.05, 4.69) is 25.1 Å². The number of benzene rings is 1. The summed E-state index contributed by atoms with van der Waals surface area (Å²) in [4.78, 5) is 22.1. The predicted octanol–water partition coefficient (Wildman–Crippen LogP) is 2.94. The Morgan fingerprint density at radius 2 is 2.31 bits per heavy atom. The highest BCUT2D eigenvalue weighted by Crippen LogP contribution is 2.32. The van der Waals surface area contributed by atoms with Crippen molar-refractivity contribution in [3.63, 3.8) is 0 Å². The van der Waals surface area contributed by atoms with Gasteiger partial charge in [-0.05, 0) is 37.6 Å². The molecule has 0 radical (unpaired) electrons. The second-order valence-electron chi connectivity index (χ2n) is 6.53. The van der Waals surface area contributed by atoms with E-state index in [1.54, 1.807) is 12.3 Å². The zero-order valence-corrected chi connectivity index (χ0v) is 14.5. The molecule has 7 nitrogen and oxygen atoms in total. The molecular weight excluding hydrogens is 337 g/mol. The normalized spacial score (nSPS) is 18.3. The van der Waals surface area contributed by atoms with E-state index in [1.807, 2.05) is 0 Å². The molecule has 3 heterocycles. The van der Waals surface area contributed by atoms with Gasteiger partial charge < -0.3 is 9.72 Å². The number of likely N-dealkylation sites (tertiary alicyclic amines) is 1. The number of imidazole rings is 1. The number of hydrogen-bond donors (Lipinski definition) is 2. The summed E-state index contributed by atoms with van der Waals surface area (Å²) in [7, 11) is 1.35. The van der Waals surface area contributed by atoms with Crippen LogP contribution in [-0.2, 0) is 11.3 Å². The Kier molecular flexibility index (Phi) is 4.42. The van der Waals surface area contributed by atoms with Gasteiger partial charge in [0.2, 0.25) is 0 Å². The zero-order chi connectivity index (χ0) is 18.1. The van der Waals surface area contributed by atoms with Gasteiger partial charge in [-0.25, -0.2) is 14.2 Å². The summed E-state index contributed by atoms with van der Waals surface area (Å²) in [6.07, 6.45) is 4.79. The van der Waals surface area contributed by atoms with Crippen LogP contribution >= 0.6 is 0 Å². The highest BCUT2D eigenvalue weighted by Gasteiger charge is 2.28. The number of nitrogens with zero attached hydrogens (tertiary/aromatic N) is 3. The number of H-pyrrole nitrogens is 2. The van der Waals surface area contributed by atoms with Crippen molar-refractivity contribution < 1.29 is 13.9 Å². The first-order valence-electron chi connectivity index (χ1n) is 8.65. The van der Waals surface area contributed by atoms with Crippen LogP contribution in [0.4, 0.5) is 4.39 Å².